The van der Waals surface area contributed by atoms with Gasteiger partial charge in [-0.25, -0.2) is 22.2 Å². The van der Waals surface area contributed by atoms with Crippen LogP contribution in [0.15, 0.2) is 29.2 Å². The molecule has 2 aliphatic heterocycles. The second-order valence-corrected chi connectivity index (χ2v) is 11.2. The molecular weight excluding hydrogens is 477 g/mol. The Balaban J connectivity index is 1.41. The molecule has 1 spiro atoms. The number of aromatic nitrogens is 1. The SMILES string of the molecule is C[C@@H]1CCN1[C@@H]1CC[C@@]12CCN(c1cc(F)c(S(=O)(=O)Nc3cccc(F)n3)c(F)c1Cl)C2. The summed E-state index contributed by atoms with van der Waals surface area (Å²) in [5.41, 5.74) is 0.217. The van der Waals surface area contributed by atoms with Gasteiger partial charge in [-0.2, -0.15) is 4.39 Å². The van der Waals surface area contributed by atoms with Crippen molar-refractivity contribution < 1.29 is 21.6 Å². The van der Waals surface area contributed by atoms with Gasteiger partial charge in [-0.15, -0.1) is 0 Å². The van der Waals surface area contributed by atoms with Crippen LogP contribution in [-0.2, 0) is 10.0 Å². The fourth-order valence-corrected chi connectivity index (χ4v) is 6.94. The summed E-state index contributed by atoms with van der Waals surface area (Å²) in [7, 11) is -4.73. The van der Waals surface area contributed by atoms with Crippen LogP contribution < -0.4 is 9.62 Å². The van der Waals surface area contributed by atoms with Crippen LogP contribution in [0.4, 0.5) is 24.7 Å². The van der Waals surface area contributed by atoms with E-state index in [1.54, 1.807) is 0 Å². The third-order valence-electron chi connectivity index (χ3n) is 7.44. The van der Waals surface area contributed by atoms with Crippen molar-refractivity contribution in [3.8, 4) is 0 Å². The van der Waals surface area contributed by atoms with E-state index in [1.807, 2.05) is 9.62 Å². The van der Waals surface area contributed by atoms with Gasteiger partial charge in [0.1, 0.15) is 16.7 Å². The molecule has 3 aliphatic rings. The smallest absolute Gasteiger partial charge is 0.268 e. The summed E-state index contributed by atoms with van der Waals surface area (Å²) in [6.07, 6.45) is 4.25. The Labute approximate surface area is 195 Å². The molecule has 1 aliphatic carbocycles. The van der Waals surface area contributed by atoms with Crippen molar-refractivity contribution in [3.05, 3.63) is 46.9 Å². The lowest BCUT2D eigenvalue weighted by Gasteiger charge is -2.58. The summed E-state index contributed by atoms with van der Waals surface area (Å²) in [5.74, 6) is -3.97. The Bertz CT molecular complexity index is 1210. The number of hydrogen-bond acceptors (Lipinski definition) is 5. The van der Waals surface area contributed by atoms with E-state index < -0.39 is 43.3 Å². The van der Waals surface area contributed by atoms with E-state index in [4.69, 9.17) is 11.6 Å². The first-order chi connectivity index (χ1) is 15.6. The van der Waals surface area contributed by atoms with Crippen LogP contribution in [0.25, 0.3) is 0 Å². The monoisotopic (exact) mass is 500 g/mol. The maximum absolute atomic E-state index is 15.1. The van der Waals surface area contributed by atoms with Gasteiger partial charge in [0, 0.05) is 43.2 Å². The zero-order valence-electron chi connectivity index (χ0n) is 18.0. The summed E-state index contributed by atoms with van der Waals surface area (Å²) in [6.45, 7) is 4.51. The first-order valence-electron chi connectivity index (χ1n) is 10.9. The molecule has 3 heterocycles. The van der Waals surface area contributed by atoms with Gasteiger partial charge < -0.3 is 4.90 Å². The molecule has 33 heavy (non-hydrogen) atoms. The first kappa shape index (κ1) is 22.7. The van der Waals surface area contributed by atoms with Crippen molar-refractivity contribution in [2.45, 2.75) is 49.6 Å². The highest BCUT2D eigenvalue weighted by atomic mass is 35.5. The van der Waals surface area contributed by atoms with E-state index in [9.17, 15) is 17.2 Å². The average Bonchev–Trinajstić information content (AvgIpc) is 3.20. The Morgan fingerprint density at radius 2 is 1.97 bits per heavy atom. The Morgan fingerprint density at radius 1 is 1.18 bits per heavy atom. The van der Waals surface area contributed by atoms with E-state index in [-0.39, 0.29) is 11.1 Å². The molecule has 0 amide bonds. The zero-order chi connectivity index (χ0) is 23.5. The molecule has 1 aromatic carbocycles. The number of likely N-dealkylation sites (tertiary alicyclic amines) is 1. The Hall–Kier alpha value is -2.04. The van der Waals surface area contributed by atoms with Crippen LogP contribution in [0.3, 0.4) is 0 Å². The zero-order valence-corrected chi connectivity index (χ0v) is 19.6. The van der Waals surface area contributed by atoms with Gasteiger partial charge in [0.15, 0.2) is 10.7 Å². The molecule has 6 nitrogen and oxygen atoms in total. The number of pyridine rings is 1. The van der Waals surface area contributed by atoms with Crippen LogP contribution in [0.2, 0.25) is 5.02 Å². The molecule has 1 saturated carbocycles. The maximum atomic E-state index is 15.1. The summed E-state index contributed by atoms with van der Waals surface area (Å²) < 4.78 is 70.6. The largest absolute Gasteiger partial charge is 0.370 e. The second-order valence-electron chi connectivity index (χ2n) is 9.25. The van der Waals surface area contributed by atoms with Gasteiger partial charge in [0.25, 0.3) is 10.0 Å². The molecule has 5 rings (SSSR count). The molecule has 11 heteroatoms. The minimum Gasteiger partial charge on any atom is -0.370 e. The number of nitrogens with one attached hydrogen (secondary N) is 1. The quantitative estimate of drug-likeness (QED) is 0.487. The standard InChI is InChI=1S/C22H24ClF3N4O2S/c1-13-6-9-30(13)16-5-7-22(16)8-10-29(12-22)15-11-14(24)21(20(26)19(15)23)33(31,32)28-18-4-2-3-17(25)27-18/h2-4,11,13,16H,5-10,12H2,1H3,(H,27,28)/t13-,16-,22+/m1/s1. The average molecular weight is 501 g/mol. The molecule has 3 atom stereocenters. The third kappa shape index (κ3) is 3.76. The molecule has 3 fully saturated rings. The van der Waals surface area contributed by atoms with Gasteiger partial charge in [-0.05, 0) is 44.7 Å². The lowest BCUT2D eigenvalue weighted by molar-refractivity contribution is -0.0728. The number of halogens is 4. The van der Waals surface area contributed by atoms with Crippen molar-refractivity contribution >= 4 is 33.1 Å². The number of benzene rings is 1. The fraction of sp³-hybridized carbons (Fsp3) is 0.500. The Morgan fingerprint density at radius 3 is 2.58 bits per heavy atom. The van der Waals surface area contributed by atoms with Crippen molar-refractivity contribution in [2.75, 3.05) is 29.3 Å². The van der Waals surface area contributed by atoms with Gasteiger partial charge in [-0.3, -0.25) is 9.62 Å². The summed E-state index contributed by atoms with van der Waals surface area (Å²) in [4.78, 5) is 6.52. The molecule has 0 unspecified atom stereocenters. The number of sulfonamides is 1. The predicted molar refractivity (Wildman–Crippen MR) is 119 cm³/mol. The van der Waals surface area contributed by atoms with Crippen LogP contribution in [0.5, 0.6) is 0 Å². The number of rotatable bonds is 5. The molecule has 178 valence electrons. The van der Waals surface area contributed by atoms with E-state index in [0.29, 0.717) is 25.2 Å². The predicted octanol–water partition coefficient (Wildman–Crippen LogP) is 4.41. The lowest BCUT2D eigenvalue weighted by atomic mass is 9.62. The van der Waals surface area contributed by atoms with Gasteiger partial charge in [-0.1, -0.05) is 17.7 Å². The molecule has 0 bridgehead atoms. The fourth-order valence-electron chi connectivity index (χ4n) is 5.47. The molecule has 2 saturated heterocycles. The van der Waals surface area contributed by atoms with Crippen molar-refractivity contribution in [2.24, 2.45) is 5.41 Å². The van der Waals surface area contributed by atoms with Gasteiger partial charge in [0.05, 0.1) is 5.69 Å². The topological polar surface area (TPSA) is 65.5 Å². The van der Waals surface area contributed by atoms with Gasteiger partial charge >= 0.3 is 0 Å². The minimum absolute atomic E-state index is 0.0698. The number of nitrogens with zero attached hydrogens (tertiary/aromatic N) is 3. The van der Waals surface area contributed by atoms with E-state index in [1.165, 1.54) is 18.6 Å². The van der Waals surface area contributed by atoms with Crippen LogP contribution in [-0.4, -0.2) is 50.0 Å². The first-order valence-corrected chi connectivity index (χ1v) is 12.8. The highest BCUT2D eigenvalue weighted by Gasteiger charge is 2.55. The maximum Gasteiger partial charge on any atom is 0.268 e. The number of hydrogen-bond donors (Lipinski definition) is 1. The molecule has 1 N–H and O–H groups in total. The van der Waals surface area contributed by atoms with E-state index >= 15 is 4.39 Å². The summed E-state index contributed by atoms with van der Waals surface area (Å²) >= 11 is 6.24. The summed E-state index contributed by atoms with van der Waals surface area (Å²) in [6, 6.07) is 5.40. The normalized spacial score (nSPS) is 27.5. The van der Waals surface area contributed by atoms with E-state index in [2.05, 4.69) is 16.8 Å². The molecule has 2 aromatic rings. The van der Waals surface area contributed by atoms with Crippen molar-refractivity contribution in [1.82, 2.24) is 9.88 Å². The lowest BCUT2D eigenvalue weighted by Crippen LogP contribution is -2.63. The van der Waals surface area contributed by atoms with Crippen LogP contribution >= 0.6 is 11.6 Å². The van der Waals surface area contributed by atoms with Crippen LogP contribution in [0.1, 0.15) is 32.6 Å². The minimum atomic E-state index is -4.73. The summed E-state index contributed by atoms with van der Waals surface area (Å²) in [5, 5.41) is -0.450. The highest BCUT2D eigenvalue weighted by Crippen LogP contribution is 2.54. The molecular formula is C22H24ClF3N4O2S. The van der Waals surface area contributed by atoms with Crippen molar-refractivity contribution in [3.63, 3.8) is 0 Å². The molecule has 1 aromatic heterocycles. The van der Waals surface area contributed by atoms with Gasteiger partial charge in [0.2, 0.25) is 5.95 Å². The second kappa shape index (κ2) is 8.02. The number of anilines is 2. The van der Waals surface area contributed by atoms with Crippen LogP contribution in [0, 0.1) is 23.0 Å². The third-order valence-corrected chi connectivity index (χ3v) is 9.19. The van der Waals surface area contributed by atoms with E-state index in [0.717, 1.165) is 37.9 Å². The highest BCUT2D eigenvalue weighted by molar-refractivity contribution is 7.92. The molecule has 0 radical (unpaired) electrons. The Kier molecular flexibility index (Phi) is 5.53. The van der Waals surface area contributed by atoms with Crippen molar-refractivity contribution in [1.29, 1.82) is 0 Å².